The Labute approximate surface area is 176 Å². The lowest BCUT2D eigenvalue weighted by Crippen LogP contribution is -2.12. The van der Waals surface area contributed by atoms with Gasteiger partial charge in [0.1, 0.15) is 5.76 Å². The molecule has 0 fully saturated rings. The highest BCUT2D eigenvalue weighted by Crippen LogP contribution is 2.30. The Morgan fingerprint density at radius 3 is 2.83 bits per heavy atom. The van der Waals surface area contributed by atoms with Crippen molar-refractivity contribution in [1.29, 1.82) is 0 Å². The van der Waals surface area contributed by atoms with Crippen LogP contribution in [0.4, 0.5) is 5.13 Å². The molecule has 1 aromatic carbocycles. The van der Waals surface area contributed by atoms with Crippen molar-refractivity contribution in [3.05, 3.63) is 76.8 Å². The number of anilines is 1. The van der Waals surface area contributed by atoms with E-state index in [4.69, 9.17) is 4.52 Å². The standard InChI is InChI=1S/C21H18N4O2S2/c1-13-17(14(2)27-25-13)11-28-19-8-4-3-7-16(19)20(26)24-21-23-18(12-29-21)15-6-5-9-22-10-15/h3-10,12H,11H2,1-2H3,(H,23,24,26). The summed E-state index contributed by atoms with van der Waals surface area (Å²) in [5.74, 6) is 1.31. The zero-order valence-electron chi connectivity index (χ0n) is 15.9. The Kier molecular flexibility index (Phi) is 5.73. The van der Waals surface area contributed by atoms with E-state index >= 15 is 0 Å². The summed E-state index contributed by atoms with van der Waals surface area (Å²) in [4.78, 5) is 22.4. The zero-order chi connectivity index (χ0) is 20.2. The number of nitrogens with one attached hydrogen (secondary N) is 1. The van der Waals surface area contributed by atoms with Crippen LogP contribution in [-0.4, -0.2) is 21.0 Å². The smallest absolute Gasteiger partial charge is 0.258 e. The highest BCUT2D eigenvalue weighted by atomic mass is 32.2. The van der Waals surface area contributed by atoms with E-state index in [0.29, 0.717) is 16.4 Å². The summed E-state index contributed by atoms with van der Waals surface area (Å²) in [5, 5.41) is 9.36. The van der Waals surface area contributed by atoms with Gasteiger partial charge in [0.15, 0.2) is 5.13 Å². The van der Waals surface area contributed by atoms with E-state index in [-0.39, 0.29) is 5.91 Å². The number of nitrogens with zero attached hydrogens (tertiary/aromatic N) is 3. The van der Waals surface area contributed by atoms with Crippen molar-refractivity contribution in [2.75, 3.05) is 5.32 Å². The molecule has 0 spiro atoms. The summed E-state index contributed by atoms with van der Waals surface area (Å²) >= 11 is 2.98. The number of hydrogen-bond acceptors (Lipinski definition) is 7. The number of aromatic nitrogens is 3. The van der Waals surface area contributed by atoms with Crippen LogP contribution in [0.3, 0.4) is 0 Å². The number of hydrogen-bond donors (Lipinski definition) is 1. The normalized spacial score (nSPS) is 10.8. The molecule has 0 aliphatic rings. The molecule has 0 saturated heterocycles. The van der Waals surface area contributed by atoms with Crippen molar-refractivity contribution in [3.63, 3.8) is 0 Å². The second kappa shape index (κ2) is 8.59. The molecule has 1 N–H and O–H groups in total. The summed E-state index contributed by atoms with van der Waals surface area (Å²) in [7, 11) is 0. The van der Waals surface area contributed by atoms with E-state index in [9.17, 15) is 4.79 Å². The second-order valence-corrected chi connectivity index (χ2v) is 8.20. The maximum absolute atomic E-state index is 12.9. The number of benzene rings is 1. The van der Waals surface area contributed by atoms with E-state index < -0.39 is 0 Å². The minimum atomic E-state index is -0.182. The van der Waals surface area contributed by atoms with Crippen LogP contribution >= 0.6 is 23.1 Å². The van der Waals surface area contributed by atoms with Gasteiger partial charge in [-0.2, -0.15) is 0 Å². The summed E-state index contributed by atoms with van der Waals surface area (Å²) in [5.41, 5.74) is 4.26. The third-order valence-electron chi connectivity index (χ3n) is 4.37. The fraction of sp³-hybridized carbons (Fsp3) is 0.143. The van der Waals surface area contributed by atoms with Crippen molar-refractivity contribution in [3.8, 4) is 11.3 Å². The molecule has 146 valence electrons. The molecule has 0 radical (unpaired) electrons. The summed E-state index contributed by atoms with van der Waals surface area (Å²) in [6.07, 6.45) is 3.47. The molecule has 0 unspecified atom stereocenters. The van der Waals surface area contributed by atoms with Crippen LogP contribution < -0.4 is 5.32 Å². The molecule has 4 rings (SSSR count). The van der Waals surface area contributed by atoms with Crippen molar-refractivity contribution < 1.29 is 9.32 Å². The lowest BCUT2D eigenvalue weighted by Gasteiger charge is -2.08. The van der Waals surface area contributed by atoms with Gasteiger partial charge in [0.25, 0.3) is 5.91 Å². The predicted molar refractivity (Wildman–Crippen MR) is 115 cm³/mol. The number of thioether (sulfide) groups is 1. The quantitative estimate of drug-likeness (QED) is 0.422. The fourth-order valence-electron chi connectivity index (χ4n) is 2.78. The number of thiazole rings is 1. The third kappa shape index (κ3) is 4.38. The van der Waals surface area contributed by atoms with Crippen LogP contribution in [0.25, 0.3) is 11.3 Å². The molecule has 8 heteroatoms. The van der Waals surface area contributed by atoms with E-state index in [1.165, 1.54) is 11.3 Å². The SMILES string of the molecule is Cc1noc(C)c1CSc1ccccc1C(=O)Nc1nc(-c2cccnc2)cs1. The largest absolute Gasteiger partial charge is 0.361 e. The van der Waals surface area contributed by atoms with Crippen molar-refractivity contribution in [1.82, 2.24) is 15.1 Å². The topological polar surface area (TPSA) is 80.9 Å². The van der Waals surface area contributed by atoms with Crippen LogP contribution in [0.1, 0.15) is 27.4 Å². The summed E-state index contributed by atoms with van der Waals surface area (Å²) in [6.45, 7) is 3.82. The van der Waals surface area contributed by atoms with Gasteiger partial charge in [0, 0.05) is 39.5 Å². The van der Waals surface area contributed by atoms with Gasteiger partial charge in [0.05, 0.1) is 17.0 Å². The molecule has 0 aliphatic heterocycles. The maximum Gasteiger partial charge on any atom is 0.258 e. The monoisotopic (exact) mass is 422 g/mol. The molecule has 1 amide bonds. The molecule has 3 aromatic heterocycles. The molecule has 0 atom stereocenters. The van der Waals surface area contributed by atoms with Crippen LogP contribution in [-0.2, 0) is 5.75 Å². The molecule has 4 aromatic rings. The van der Waals surface area contributed by atoms with Gasteiger partial charge in [-0.05, 0) is 38.1 Å². The first-order valence-corrected chi connectivity index (χ1v) is 10.8. The third-order valence-corrected chi connectivity index (χ3v) is 6.22. The average molecular weight is 423 g/mol. The summed E-state index contributed by atoms with van der Waals surface area (Å²) < 4.78 is 5.23. The Hall–Kier alpha value is -2.97. The molecule has 6 nitrogen and oxygen atoms in total. The highest BCUT2D eigenvalue weighted by molar-refractivity contribution is 7.98. The van der Waals surface area contributed by atoms with Crippen LogP contribution in [0, 0.1) is 13.8 Å². The Bertz CT molecular complexity index is 1120. The number of carbonyl (C=O) groups is 1. The predicted octanol–water partition coefficient (Wildman–Crippen LogP) is 5.35. The molecule has 3 heterocycles. The maximum atomic E-state index is 12.9. The first kappa shape index (κ1) is 19.4. The van der Waals surface area contributed by atoms with Gasteiger partial charge in [-0.1, -0.05) is 17.3 Å². The minimum Gasteiger partial charge on any atom is -0.361 e. The lowest BCUT2D eigenvalue weighted by molar-refractivity contribution is 0.102. The summed E-state index contributed by atoms with van der Waals surface area (Å²) in [6, 6.07) is 11.4. The Morgan fingerprint density at radius 2 is 2.07 bits per heavy atom. The van der Waals surface area contributed by atoms with Gasteiger partial charge in [-0.25, -0.2) is 4.98 Å². The molecule has 29 heavy (non-hydrogen) atoms. The number of amides is 1. The van der Waals surface area contributed by atoms with Crippen LogP contribution in [0.15, 0.2) is 63.6 Å². The Morgan fingerprint density at radius 1 is 1.21 bits per heavy atom. The first-order valence-electron chi connectivity index (χ1n) is 8.92. The van der Waals surface area contributed by atoms with Crippen molar-refractivity contribution >= 4 is 34.1 Å². The lowest BCUT2D eigenvalue weighted by atomic mass is 10.2. The number of carbonyl (C=O) groups excluding carboxylic acids is 1. The van der Waals surface area contributed by atoms with Gasteiger partial charge in [-0.3, -0.25) is 15.1 Å². The number of pyridine rings is 1. The van der Waals surface area contributed by atoms with Crippen LogP contribution in [0.5, 0.6) is 0 Å². The number of aryl methyl sites for hydroxylation is 2. The van der Waals surface area contributed by atoms with Crippen molar-refractivity contribution in [2.24, 2.45) is 0 Å². The van der Waals surface area contributed by atoms with E-state index in [1.54, 1.807) is 24.2 Å². The van der Waals surface area contributed by atoms with Gasteiger partial charge < -0.3 is 4.52 Å². The Balaban J connectivity index is 1.49. The van der Waals surface area contributed by atoms with Gasteiger partial charge >= 0.3 is 0 Å². The van der Waals surface area contributed by atoms with Crippen molar-refractivity contribution in [2.45, 2.75) is 24.5 Å². The zero-order valence-corrected chi connectivity index (χ0v) is 17.5. The second-order valence-electron chi connectivity index (χ2n) is 6.32. The molecule has 0 bridgehead atoms. The van der Waals surface area contributed by atoms with Crippen LogP contribution in [0.2, 0.25) is 0 Å². The van der Waals surface area contributed by atoms with E-state index in [2.05, 4.69) is 20.4 Å². The molecular formula is C21H18N4O2S2. The van der Waals surface area contributed by atoms with Gasteiger partial charge in [0.2, 0.25) is 0 Å². The van der Waals surface area contributed by atoms with Gasteiger partial charge in [-0.15, -0.1) is 23.1 Å². The fourth-order valence-corrected chi connectivity index (χ4v) is 4.70. The first-order chi connectivity index (χ1) is 14.1. The van der Waals surface area contributed by atoms with E-state index in [1.807, 2.05) is 55.6 Å². The molecule has 0 saturated carbocycles. The highest BCUT2D eigenvalue weighted by Gasteiger charge is 2.16. The van der Waals surface area contributed by atoms with E-state index in [0.717, 1.165) is 33.2 Å². The molecule has 0 aliphatic carbocycles. The minimum absolute atomic E-state index is 0.182. The molecular weight excluding hydrogens is 404 g/mol. The number of rotatable bonds is 6. The average Bonchev–Trinajstić information content (AvgIpc) is 3.34.